The van der Waals surface area contributed by atoms with E-state index in [4.69, 9.17) is 9.47 Å². The van der Waals surface area contributed by atoms with Gasteiger partial charge in [0, 0.05) is 31.0 Å². The number of amides is 2. The second kappa shape index (κ2) is 10.6. The van der Waals surface area contributed by atoms with E-state index < -0.39 is 0 Å². The van der Waals surface area contributed by atoms with Crippen LogP contribution in [0.1, 0.15) is 5.56 Å². The number of nitrogens with one attached hydrogen (secondary N) is 4. The zero-order valence-corrected chi connectivity index (χ0v) is 17.6. The fraction of sp³-hybridized carbons (Fsp3) is 0.238. The second-order valence-electron chi connectivity index (χ2n) is 6.53. The van der Waals surface area contributed by atoms with E-state index in [9.17, 15) is 4.79 Å². The summed E-state index contributed by atoms with van der Waals surface area (Å²) in [6.07, 6.45) is 1.78. The van der Waals surface area contributed by atoms with Gasteiger partial charge in [-0.3, -0.25) is 0 Å². The largest absolute Gasteiger partial charge is 0.493 e. The van der Waals surface area contributed by atoms with E-state index in [0.29, 0.717) is 47.7 Å². The average molecular weight is 423 g/mol. The van der Waals surface area contributed by atoms with Crippen molar-refractivity contribution in [2.45, 2.75) is 6.92 Å². The highest BCUT2D eigenvalue weighted by Gasteiger charge is 2.07. The Balaban J connectivity index is 1.40. The van der Waals surface area contributed by atoms with Crippen LogP contribution in [0, 0.1) is 6.92 Å². The first kappa shape index (κ1) is 21.6. The molecule has 2 heterocycles. The Bertz CT molecular complexity index is 995. The molecule has 0 unspecified atom stereocenters. The topological polar surface area (TPSA) is 122 Å². The molecule has 0 aliphatic rings. The molecule has 10 heteroatoms. The fourth-order valence-corrected chi connectivity index (χ4v) is 2.62. The number of aromatic nitrogens is 3. The van der Waals surface area contributed by atoms with E-state index in [-0.39, 0.29) is 6.03 Å². The summed E-state index contributed by atoms with van der Waals surface area (Å²) in [5.41, 5.74) is 1.68. The minimum absolute atomic E-state index is 0.328. The van der Waals surface area contributed by atoms with Gasteiger partial charge in [-0.05, 0) is 42.8 Å². The number of nitrogens with zero attached hydrogens (tertiary/aromatic N) is 3. The molecule has 3 aromatic rings. The molecule has 0 aliphatic heterocycles. The highest BCUT2D eigenvalue weighted by atomic mass is 16.5. The van der Waals surface area contributed by atoms with Gasteiger partial charge in [0.2, 0.25) is 0 Å². The van der Waals surface area contributed by atoms with Crippen molar-refractivity contribution in [3.05, 3.63) is 54.2 Å². The van der Waals surface area contributed by atoms with E-state index in [0.717, 1.165) is 5.56 Å². The van der Waals surface area contributed by atoms with Crippen molar-refractivity contribution in [2.75, 3.05) is 43.3 Å². The molecule has 2 amide bonds. The van der Waals surface area contributed by atoms with E-state index in [2.05, 4.69) is 36.4 Å². The van der Waals surface area contributed by atoms with Crippen LogP contribution in [0.3, 0.4) is 0 Å². The first-order chi connectivity index (χ1) is 15.1. The van der Waals surface area contributed by atoms with Crippen LogP contribution in [0.5, 0.6) is 11.5 Å². The Morgan fingerprint density at radius 3 is 2.32 bits per heavy atom. The summed E-state index contributed by atoms with van der Waals surface area (Å²) in [6, 6.07) is 12.3. The molecule has 0 bridgehead atoms. The normalized spacial score (nSPS) is 10.2. The molecule has 3 rings (SSSR count). The highest BCUT2D eigenvalue weighted by Crippen LogP contribution is 2.29. The number of hydrogen-bond acceptors (Lipinski definition) is 8. The van der Waals surface area contributed by atoms with Crippen molar-refractivity contribution in [3.63, 3.8) is 0 Å². The predicted octanol–water partition coefficient (Wildman–Crippen LogP) is 3.17. The van der Waals surface area contributed by atoms with Crippen LogP contribution in [0.2, 0.25) is 0 Å². The lowest BCUT2D eigenvalue weighted by atomic mass is 10.3. The summed E-state index contributed by atoms with van der Waals surface area (Å²) in [5.74, 6) is 3.02. The predicted molar refractivity (Wildman–Crippen MR) is 119 cm³/mol. The van der Waals surface area contributed by atoms with E-state index in [1.165, 1.54) is 7.11 Å². The number of rotatable bonds is 9. The summed E-state index contributed by atoms with van der Waals surface area (Å²) in [6.45, 7) is 2.86. The number of anilines is 4. The maximum atomic E-state index is 12.1. The minimum Gasteiger partial charge on any atom is -0.493 e. The van der Waals surface area contributed by atoms with Crippen molar-refractivity contribution < 1.29 is 14.3 Å². The third-order valence-corrected chi connectivity index (χ3v) is 4.19. The number of ether oxygens (including phenoxy) is 2. The quantitative estimate of drug-likeness (QED) is 0.387. The number of carbonyl (C=O) groups is 1. The molecule has 2 aromatic heterocycles. The Hall–Kier alpha value is -4.08. The van der Waals surface area contributed by atoms with Crippen LogP contribution in [0.25, 0.3) is 0 Å². The lowest BCUT2D eigenvalue weighted by molar-refractivity contribution is 0.252. The fourth-order valence-electron chi connectivity index (χ4n) is 2.62. The van der Waals surface area contributed by atoms with Gasteiger partial charge >= 0.3 is 6.03 Å². The van der Waals surface area contributed by atoms with Gasteiger partial charge in [-0.15, -0.1) is 10.2 Å². The van der Waals surface area contributed by atoms with E-state index in [1.807, 2.05) is 19.1 Å². The van der Waals surface area contributed by atoms with Gasteiger partial charge < -0.3 is 30.7 Å². The maximum absolute atomic E-state index is 12.1. The SMILES string of the molecule is COc1ccc(NC(=O)NCCNc2ccc(Nc3ccc(C)cn3)nn2)cc1OC. The Labute approximate surface area is 180 Å². The molecule has 0 spiro atoms. The molecule has 0 fully saturated rings. The van der Waals surface area contributed by atoms with Crippen molar-refractivity contribution in [1.82, 2.24) is 20.5 Å². The number of hydrogen-bond donors (Lipinski definition) is 4. The first-order valence-corrected chi connectivity index (χ1v) is 9.61. The van der Waals surface area contributed by atoms with Gasteiger partial charge in [0.25, 0.3) is 0 Å². The standard InChI is InChI=1S/C21H25N7O3/c1-14-4-7-18(24-13-14)26-20-9-8-19(27-28-20)22-10-11-23-21(29)25-15-5-6-16(30-2)17(12-15)31-3/h4-9,12-13H,10-11H2,1-3H3,(H,22,27)(H2,23,25,29)(H,24,26,28). The van der Waals surface area contributed by atoms with E-state index >= 15 is 0 Å². The van der Waals surface area contributed by atoms with Crippen molar-refractivity contribution in [3.8, 4) is 11.5 Å². The summed E-state index contributed by atoms with van der Waals surface area (Å²) < 4.78 is 10.4. The molecule has 0 atom stereocenters. The Morgan fingerprint density at radius 1 is 0.903 bits per heavy atom. The van der Waals surface area contributed by atoms with Crippen LogP contribution >= 0.6 is 0 Å². The smallest absolute Gasteiger partial charge is 0.319 e. The van der Waals surface area contributed by atoms with Crippen LogP contribution in [0.4, 0.5) is 27.9 Å². The van der Waals surface area contributed by atoms with Crippen LogP contribution < -0.4 is 30.7 Å². The summed E-state index contributed by atoms with van der Waals surface area (Å²) in [7, 11) is 3.10. The summed E-state index contributed by atoms with van der Waals surface area (Å²) in [4.78, 5) is 16.3. The van der Waals surface area contributed by atoms with Gasteiger partial charge in [0.15, 0.2) is 17.3 Å². The number of carbonyl (C=O) groups excluding carboxylic acids is 1. The number of aryl methyl sites for hydroxylation is 1. The first-order valence-electron chi connectivity index (χ1n) is 9.61. The molecule has 31 heavy (non-hydrogen) atoms. The van der Waals surface area contributed by atoms with Crippen molar-refractivity contribution in [2.24, 2.45) is 0 Å². The minimum atomic E-state index is -0.328. The summed E-state index contributed by atoms with van der Waals surface area (Å²) >= 11 is 0. The monoisotopic (exact) mass is 423 g/mol. The Kier molecular flexibility index (Phi) is 7.41. The number of methoxy groups -OCH3 is 2. The van der Waals surface area contributed by atoms with Gasteiger partial charge in [0.05, 0.1) is 14.2 Å². The average Bonchev–Trinajstić information content (AvgIpc) is 2.79. The van der Waals surface area contributed by atoms with Crippen molar-refractivity contribution in [1.29, 1.82) is 0 Å². The van der Waals surface area contributed by atoms with Crippen LogP contribution in [-0.4, -0.2) is 48.5 Å². The molecular weight excluding hydrogens is 398 g/mol. The third kappa shape index (κ3) is 6.46. The van der Waals surface area contributed by atoms with E-state index in [1.54, 1.807) is 43.6 Å². The molecule has 0 saturated heterocycles. The highest BCUT2D eigenvalue weighted by molar-refractivity contribution is 5.89. The zero-order chi connectivity index (χ0) is 22.1. The number of pyridine rings is 1. The molecular formula is C21H25N7O3. The maximum Gasteiger partial charge on any atom is 0.319 e. The Morgan fingerprint density at radius 2 is 1.65 bits per heavy atom. The summed E-state index contributed by atoms with van der Waals surface area (Å²) in [5, 5.41) is 19.9. The third-order valence-electron chi connectivity index (χ3n) is 4.19. The number of benzene rings is 1. The van der Waals surface area contributed by atoms with Gasteiger partial charge in [-0.25, -0.2) is 9.78 Å². The van der Waals surface area contributed by atoms with Gasteiger partial charge in [-0.1, -0.05) is 6.07 Å². The van der Waals surface area contributed by atoms with Crippen molar-refractivity contribution >= 4 is 29.2 Å². The lowest BCUT2D eigenvalue weighted by Gasteiger charge is -2.11. The molecule has 1 aromatic carbocycles. The van der Waals surface area contributed by atoms with Crippen LogP contribution in [-0.2, 0) is 0 Å². The molecule has 0 saturated carbocycles. The zero-order valence-electron chi connectivity index (χ0n) is 17.6. The molecule has 4 N–H and O–H groups in total. The molecule has 0 aliphatic carbocycles. The molecule has 162 valence electrons. The molecule has 10 nitrogen and oxygen atoms in total. The lowest BCUT2D eigenvalue weighted by Crippen LogP contribution is -2.32. The molecule has 0 radical (unpaired) electrons. The van der Waals surface area contributed by atoms with Crippen LogP contribution in [0.15, 0.2) is 48.7 Å². The second-order valence-corrected chi connectivity index (χ2v) is 6.53. The van der Waals surface area contributed by atoms with Gasteiger partial charge in [-0.2, -0.15) is 0 Å². The van der Waals surface area contributed by atoms with Gasteiger partial charge in [0.1, 0.15) is 11.6 Å². The number of urea groups is 1.